The van der Waals surface area contributed by atoms with Gasteiger partial charge in [-0.15, -0.1) is 0 Å². The Kier molecular flexibility index (Phi) is 3.67. The molecule has 2 aromatic rings. The summed E-state index contributed by atoms with van der Waals surface area (Å²) in [5.74, 6) is 1.82. The molecular weight excluding hydrogens is 250 g/mol. The molecule has 5 heteroatoms. The number of fused-ring (bicyclic) bond motifs is 1. The summed E-state index contributed by atoms with van der Waals surface area (Å²) < 4.78 is 2.08. The lowest BCUT2D eigenvalue weighted by Gasteiger charge is -2.12. The molecule has 1 aliphatic rings. The Morgan fingerprint density at radius 3 is 2.95 bits per heavy atom. The highest BCUT2D eigenvalue weighted by Crippen LogP contribution is 2.29. The quantitative estimate of drug-likeness (QED) is 0.908. The molecule has 2 aromatic heterocycles. The molecule has 2 heterocycles. The number of aromatic nitrogens is 4. The smallest absolute Gasteiger partial charge is 0.180 e. The molecule has 0 aromatic carbocycles. The molecule has 0 aliphatic heterocycles. The van der Waals surface area contributed by atoms with E-state index in [1.54, 1.807) is 0 Å². The van der Waals surface area contributed by atoms with E-state index in [9.17, 15) is 0 Å². The van der Waals surface area contributed by atoms with Crippen molar-refractivity contribution in [1.29, 1.82) is 0 Å². The van der Waals surface area contributed by atoms with Crippen LogP contribution in [-0.4, -0.2) is 26.1 Å². The van der Waals surface area contributed by atoms with Gasteiger partial charge in [-0.2, -0.15) is 0 Å². The zero-order valence-corrected chi connectivity index (χ0v) is 12.2. The van der Waals surface area contributed by atoms with Gasteiger partial charge in [-0.1, -0.05) is 6.92 Å². The van der Waals surface area contributed by atoms with Crippen molar-refractivity contribution in [2.75, 3.05) is 11.9 Å². The molecule has 0 radical (unpaired) electrons. The topological polar surface area (TPSA) is 55.6 Å². The summed E-state index contributed by atoms with van der Waals surface area (Å²) in [5.41, 5.74) is 3.52. The van der Waals surface area contributed by atoms with Crippen LogP contribution in [-0.2, 0) is 19.4 Å². The molecule has 0 bridgehead atoms. The highest BCUT2D eigenvalue weighted by molar-refractivity contribution is 5.57. The Balaban J connectivity index is 2.04. The molecule has 5 nitrogen and oxygen atoms in total. The van der Waals surface area contributed by atoms with Crippen molar-refractivity contribution in [3.8, 4) is 11.5 Å². The van der Waals surface area contributed by atoms with E-state index >= 15 is 0 Å². The molecule has 0 saturated heterocycles. The second-order valence-corrected chi connectivity index (χ2v) is 5.17. The maximum Gasteiger partial charge on any atom is 0.180 e. The van der Waals surface area contributed by atoms with E-state index < -0.39 is 0 Å². The molecule has 0 amide bonds. The van der Waals surface area contributed by atoms with Gasteiger partial charge in [-0.3, -0.25) is 0 Å². The van der Waals surface area contributed by atoms with E-state index in [-0.39, 0.29) is 0 Å². The molecule has 0 spiro atoms. The summed E-state index contributed by atoms with van der Waals surface area (Å²) in [4.78, 5) is 13.7. The van der Waals surface area contributed by atoms with Gasteiger partial charge in [0.15, 0.2) is 5.82 Å². The Bertz CT molecular complexity index is 602. The zero-order chi connectivity index (χ0) is 13.9. The van der Waals surface area contributed by atoms with Crippen LogP contribution in [0, 0.1) is 0 Å². The fraction of sp³-hybridized carbons (Fsp3) is 0.533. The number of imidazole rings is 1. The van der Waals surface area contributed by atoms with Crippen molar-refractivity contribution in [1.82, 2.24) is 19.5 Å². The third kappa shape index (κ3) is 2.28. The van der Waals surface area contributed by atoms with Crippen LogP contribution in [0.25, 0.3) is 11.5 Å². The standard InChI is InChI=1S/C15H21N5/c1-3-8-17-14-11-6-5-7-12(11)18-15(19-14)13-9-16-10-20(13)4-2/h9-10H,3-8H2,1-2H3,(H,17,18,19). The Morgan fingerprint density at radius 2 is 2.15 bits per heavy atom. The van der Waals surface area contributed by atoms with Gasteiger partial charge in [0.2, 0.25) is 0 Å². The average molecular weight is 271 g/mol. The minimum Gasteiger partial charge on any atom is -0.370 e. The highest BCUT2D eigenvalue weighted by Gasteiger charge is 2.20. The fourth-order valence-corrected chi connectivity index (χ4v) is 2.70. The third-order valence-electron chi connectivity index (χ3n) is 3.76. The van der Waals surface area contributed by atoms with E-state index in [1.807, 2.05) is 12.5 Å². The van der Waals surface area contributed by atoms with Crippen LogP contribution < -0.4 is 5.32 Å². The molecular formula is C15H21N5. The first-order valence-corrected chi connectivity index (χ1v) is 7.47. The van der Waals surface area contributed by atoms with Gasteiger partial charge in [-0.05, 0) is 32.6 Å². The summed E-state index contributed by atoms with van der Waals surface area (Å²) in [6.45, 7) is 6.11. The van der Waals surface area contributed by atoms with Gasteiger partial charge in [0, 0.05) is 24.3 Å². The lowest BCUT2D eigenvalue weighted by molar-refractivity contribution is 0.762. The van der Waals surface area contributed by atoms with Crippen LogP contribution in [0.4, 0.5) is 5.82 Å². The normalized spacial score (nSPS) is 13.5. The maximum atomic E-state index is 4.76. The Labute approximate surface area is 119 Å². The number of hydrogen-bond acceptors (Lipinski definition) is 4. The predicted octanol–water partition coefficient (Wildman–Crippen LogP) is 2.67. The van der Waals surface area contributed by atoms with Crippen molar-refractivity contribution < 1.29 is 0 Å². The van der Waals surface area contributed by atoms with Gasteiger partial charge in [0.25, 0.3) is 0 Å². The Morgan fingerprint density at radius 1 is 1.25 bits per heavy atom. The monoisotopic (exact) mass is 271 g/mol. The van der Waals surface area contributed by atoms with Crippen LogP contribution in [0.5, 0.6) is 0 Å². The number of hydrogen-bond donors (Lipinski definition) is 1. The molecule has 3 rings (SSSR count). The van der Waals surface area contributed by atoms with Gasteiger partial charge < -0.3 is 9.88 Å². The zero-order valence-electron chi connectivity index (χ0n) is 12.2. The summed E-state index contributed by atoms with van der Waals surface area (Å²) in [5, 5.41) is 3.45. The van der Waals surface area contributed by atoms with Crippen LogP contribution in [0.1, 0.15) is 37.9 Å². The van der Waals surface area contributed by atoms with E-state index in [0.29, 0.717) is 0 Å². The number of rotatable bonds is 5. The van der Waals surface area contributed by atoms with Crippen molar-refractivity contribution in [2.24, 2.45) is 0 Å². The second kappa shape index (κ2) is 5.61. The molecule has 1 N–H and O–H groups in total. The fourth-order valence-electron chi connectivity index (χ4n) is 2.70. The SMILES string of the molecule is CCCNc1nc(-c2cncn2CC)nc2c1CCC2. The first-order valence-electron chi connectivity index (χ1n) is 7.47. The van der Waals surface area contributed by atoms with E-state index in [4.69, 9.17) is 9.97 Å². The summed E-state index contributed by atoms with van der Waals surface area (Å²) in [6, 6.07) is 0. The first kappa shape index (κ1) is 13.1. The third-order valence-corrected chi connectivity index (χ3v) is 3.76. The second-order valence-electron chi connectivity index (χ2n) is 5.17. The molecule has 0 unspecified atom stereocenters. The number of nitrogens with zero attached hydrogens (tertiary/aromatic N) is 4. The molecule has 0 fully saturated rings. The summed E-state index contributed by atoms with van der Waals surface area (Å²) in [6.07, 6.45) is 8.12. The molecule has 106 valence electrons. The average Bonchev–Trinajstić information content (AvgIpc) is 3.12. The number of aryl methyl sites for hydroxylation is 2. The summed E-state index contributed by atoms with van der Waals surface area (Å²) >= 11 is 0. The van der Waals surface area contributed by atoms with Crippen molar-refractivity contribution in [2.45, 2.75) is 46.1 Å². The molecule has 20 heavy (non-hydrogen) atoms. The Hall–Kier alpha value is -1.91. The predicted molar refractivity (Wildman–Crippen MR) is 79.7 cm³/mol. The van der Waals surface area contributed by atoms with Gasteiger partial charge in [0.05, 0.1) is 12.5 Å². The first-order chi connectivity index (χ1) is 9.83. The van der Waals surface area contributed by atoms with Gasteiger partial charge in [0.1, 0.15) is 11.5 Å². The van der Waals surface area contributed by atoms with Crippen LogP contribution in [0.3, 0.4) is 0 Å². The maximum absolute atomic E-state index is 4.76. The molecule has 0 saturated carbocycles. The van der Waals surface area contributed by atoms with E-state index in [1.165, 1.54) is 17.7 Å². The number of anilines is 1. The number of nitrogens with one attached hydrogen (secondary N) is 1. The minimum absolute atomic E-state index is 0.795. The van der Waals surface area contributed by atoms with E-state index in [2.05, 4.69) is 28.7 Å². The van der Waals surface area contributed by atoms with Gasteiger partial charge in [-0.25, -0.2) is 15.0 Å². The van der Waals surface area contributed by atoms with Gasteiger partial charge >= 0.3 is 0 Å². The lowest BCUT2D eigenvalue weighted by atomic mass is 10.2. The van der Waals surface area contributed by atoms with Crippen LogP contribution in [0.2, 0.25) is 0 Å². The molecule has 0 atom stereocenters. The van der Waals surface area contributed by atoms with Crippen LogP contribution >= 0.6 is 0 Å². The summed E-state index contributed by atoms with van der Waals surface area (Å²) in [7, 11) is 0. The van der Waals surface area contributed by atoms with Crippen molar-refractivity contribution in [3.63, 3.8) is 0 Å². The lowest BCUT2D eigenvalue weighted by Crippen LogP contribution is -2.09. The van der Waals surface area contributed by atoms with E-state index in [0.717, 1.165) is 49.7 Å². The van der Waals surface area contributed by atoms with Crippen LogP contribution in [0.15, 0.2) is 12.5 Å². The van der Waals surface area contributed by atoms with Crippen molar-refractivity contribution in [3.05, 3.63) is 23.8 Å². The largest absolute Gasteiger partial charge is 0.370 e. The highest BCUT2D eigenvalue weighted by atomic mass is 15.1. The minimum atomic E-state index is 0.795. The van der Waals surface area contributed by atoms with Crippen molar-refractivity contribution >= 4 is 5.82 Å². The molecule has 1 aliphatic carbocycles.